The van der Waals surface area contributed by atoms with Crippen LogP contribution in [0.15, 0.2) is 54.6 Å². The topological polar surface area (TPSA) is 97.3 Å². The van der Waals surface area contributed by atoms with Gasteiger partial charge in [0, 0.05) is 26.1 Å². The molecule has 0 aliphatic rings. The molecule has 2 aromatic carbocycles. The van der Waals surface area contributed by atoms with Crippen molar-refractivity contribution < 1.29 is 28.9 Å². The number of benzene rings is 2. The molecular formula is C28H40N2O6. The predicted molar refractivity (Wildman–Crippen MR) is 140 cm³/mol. The third-order valence-corrected chi connectivity index (χ3v) is 5.26. The van der Waals surface area contributed by atoms with Crippen molar-refractivity contribution in [1.29, 1.82) is 0 Å². The summed E-state index contributed by atoms with van der Waals surface area (Å²) in [5, 5.41) is 12.3. The number of rotatable bonds is 15. The van der Waals surface area contributed by atoms with Crippen LogP contribution in [0.25, 0.3) is 0 Å². The Morgan fingerprint density at radius 3 is 2.19 bits per heavy atom. The largest absolute Gasteiger partial charge is 0.494 e. The molecular weight excluding hydrogens is 460 g/mol. The molecule has 0 bridgehead atoms. The molecule has 1 unspecified atom stereocenters. The number of ether oxygens (including phenoxy) is 3. The maximum atomic E-state index is 12.8. The molecule has 8 nitrogen and oxygen atoms in total. The molecule has 0 fully saturated rings. The number of carboxylic acid groups (broad SMARTS) is 1. The molecule has 36 heavy (non-hydrogen) atoms. The minimum Gasteiger partial charge on any atom is -0.494 e. The number of carboxylic acids is 1. The summed E-state index contributed by atoms with van der Waals surface area (Å²) in [6, 6.07) is 16.8. The van der Waals surface area contributed by atoms with Crippen molar-refractivity contribution in [1.82, 2.24) is 10.2 Å². The molecule has 8 heteroatoms. The number of hydrogen-bond acceptors (Lipinski definition) is 5. The van der Waals surface area contributed by atoms with Crippen LogP contribution in [0.5, 0.6) is 11.5 Å². The molecule has 0 spiro atoms. The fraction of sp³-hybridized carbons (Fsp3) is 0.500. The van der Waals surface area contributed by atoms with Crippen LogP contribution in [0.2, 0.25) is 0 Å². The molecule has 1 atom stereocenters. The number of aliphatic carboxylic acids is 1. The lowest BCUT2D eigenvalue weighted by Gasteiger charge is -2.26. The summed E-state index contributed by atoms with van der Waals surface area (Å²) < 4.78 is 16.9. The number of carbonyl (C=O) groups is 2. The number of nitrogens with one attached hydrogen (secondary N) is 1. The first-order chi connectivity index (χ1) is 17.2. The molecule has 2 rings (SSSR count). The highest BCUT2D eigenvalue weighted by Gasteiger charge is 2.19. The Kier molecular flexibility index (Phi) is 12.1. The van der Waals surface area contributed by atoms with Crippen molar-refractivity contribution in [2.45, 2.75) is 46.6 Å². The highest BCUT2D eigenvalue weighted by Crippen LogP contribution is 2.15. The van der Waals surface area contributed by atoms with Gasteiger partial charge in [-0.05, 0) is 48.6 Å². The minimum absolute atomic E-state index is 0.0161. The van der Waals surface area contributed by atoms with Crippen molar-refractivity contribution in [3.05, 3.63) is 60.2 Å². The lowest BCUT2D eigenvalue weighted by molar-refractivity contribution is -0.149. The van der Waals surface area contributed by atoms with E-state index in [0.717, 1.165) is 11.3 Å². The Labute approximate surface area is 214 Å². The molecule has 2 aromatic rings. The van der Waals surface area contributed by atoms with E-state index in [1.165, 1.54) is 0 Å². The van der Waals surface area contributed by atoms with E-state index in [-0.39, 0.29) is 17.9 Å². The molecule has 0 saturated heterocycles. The van der Waals surface area contributed by atoms with Gasteiger partial charge in [0.05, 0.1) is 13.2 Å². The first kappa shape index (κ1) is 29.0. The monoisotopic (exact) mass is 500 g/mol. The molecule has 0 radical (unpaired) electrons. The fourth-order valence-corrected chi connectivity index (χ4v) is 3.36. The first-order valence-electron chi connectivity index (χ1n) is 12.4. The average Bonchev–Trinajstić information content (AvgIpc) is 2.84. The number of urea groups is 1. The number of carbonyl (C=O) groups excluding carboxylic acids is 1. The van der Waals surface area contributed by atoms with Gasteiger partial charge in [0.1, 0.15) is 18.1 Å². The molecule has 0 aliphatic heterocycles. The van der Waals surface area contributed by atoms with E-state index in [1.54, 1.807) is 24.0 Å². The standard InChI is InChI=1S/C28H40N2O6/c1-5-34-25(26(31)32)20-22-12-14-24(15-13-22)36-19-17-30(27(33)29-21-28(2,3)4)16-9-18-35-23-10-7-6-8-11-23/h6-8,10-15,25H,5,9,16-21H2,1-4H3,(H,29,33)(H,31,32). The van der Waals surface area contributed by atoms with Gasteiger partial charge >= 0.3 is 12.0 Å². The minimum atomic E-state index is -0.976. The van der Waals surface area contributed by atoms with E-state index in [4.69, 9.17) is 14.2 Å². The summed E-state index contributed by atoms with van der Waals surface area (Å²) in [6.45, 7) is 10.7. The average molecular weight is 501 g/mol. The Morgan fingerprint density at radius 2 is 1.58 bits per heavy atom. The smallest absolute Gasteiger partial charge is 0.333 e. The van der Waals surface area contributed by atoms with Gasteiger partial charge in [0.15, 0.2) is 6.10 Å². The van der Waals surface area contributed by atoms with E-state index in [2.05, 4.69) is 26.1 Å². The van der Waals surface area contributed by atoms with Gasteiger partial charge in [-0.15, -0.1) is 0 Å². The zero-order valence-electron chi connectivity index (χ0n) is 21.9. The van der Waals surface area contributed by atoms with Crippen molar-refractivity contribution in [2.24, 2.45) is 5.41 Å². The predicted octanol–water partition coefficient (Wildman–Crippen LogP) is 4.62. The summed E-state index contributed by atoms with van der Waals surface area (Å²) >= 11 is 0. The third-order valence-electron chi connectivity index (χ3n) is 5.26. The second-order valence-electron chi connectivity index (χ2n) is 9.70. The SMILES string of the molecule is CCOC(Cc1ccc(OCCN(CCCOc2ccccc2)C(=O)NCC(C)(C)C)cc1)C(=O)O. The molecule has 0 aromatic heterocycles. The van der Waals surface area contributed by atoms with Crippen molar-refractivity contribution in [2.75, 3.05) is 39.5 Å². The lowest BCUT2D eigenvalue weighted by atomic mass is 9.97. The van der Waals surface area contributed by atoms with Crippen molar-refractivity contribution in [3.8, 4) is 11.5 Å². The molecule has 0 aliphatic carbocycles. The number of nitrogens with zero attached hydrogens (tertiary/aromatic N) is 1. The van der Waals surface area contributed by atoms with Crippen molar-refractivity contribution in [3.63, 3.8) is 0 Å². The van der Waals surface area contributed by atoms with Crippen LogP contribution in [-0.4, -0.2) is 67.6 Å². The Balaban J connectivity index is 1.86. The molecule has 2 amide bonds. The van der Waals surface area contributed by atoms with Crippen molar-refractivity contribution >= 4 is 12.0 Å². The highest BCUT2D eigenvalue weighted by molar-refractivity contribution is 5.74. The van der Waals surface area contributed by atoms with Gasteiger partial charge in [-0.1, -0.05) is 51.1 Å². The number of para-hydroxylation sites is 1. The van der Waals surface area contributed by atoms with Crippen LogP contribution >= 0.6 is 0 Å². The fourth-order valence-electron chi connectivity index (χ4n) is 3.36. The normalized spacial score (nSPS) is 12.0. The Morgan fingerprint density at radius 1 is 0.944 bits per heavy atom. The van der Waals surface area contributed by atoms with E-state index in [0.29, 0.717) is 51.6 Å². The van der Waals surface area contributed by atoms with Crippen LogP contribution < -0.4 is 14.8 Å². The summed E-state index contributed by atoms with van der Waals surface area (Å²) in [4.78, 5) is 25.8. The van der Waals surface area contributed by atoms with Crippen LogP contribution in [0.3, 0.4) is 0 Å². The zero-order valence-corrected chi connectivity index (χ0v) is 21.9. The second kappa shape index (κ2) is 15.0. The summed E-state index contributed by atoms with van der Waals surface area (Å²) in [5.74, 6) is 0.490. The van der Waals surface area contributed by atoms with Gasteiger partial charge in [0.25, 0.3) is 0 Å². The third kappa shape index (κ3) is 11.4. The molecule has 198 valence electrons. The van der Waals surface area contributed by atoms with Gasteiger partial charge in [-0.3, -0.25) is 0 Å². The summed E-state index contributed by atoms with van der Waals surface area (Å²) in [5.41, 5.74) is 0.836. The maximum Gasteiger partial charge on any atom is 0.333 e. The maximum absolute atomic E-state index is 12.8. The number of amides is 2. The van der Waals surface area contributed by atoms with E-state index < -0.39 is 12.1 Å². The van der Waals surface area contributed by atoms with Crippen LogP contribution in [0.1, 0.15) is 39.7 Å². The first-order valence-corrected chi connectivity index (χ1v) is 12.4. The van der Waals surface area contributed by atoms with Gasteiger partial charge in [-0.2, -0.15) is 0 Å². The Hall–Kier alpha value is -3.26. The summed E-state index contributed by atoms with van der Waals surface area (Å²) in [7, 11) is 0. The van der Waals surface area contributed by atoms with Gasteiger partial charge in [0.2, 0.25) is 0 Å². The van der Waals surface area contributed by atoms with Gasteiger partial charge in [-0.25, -0.2) is 9.59 Å². The van der Waals surface area contributed by atoms with Crippen LogP contribution in [-0.2, 0) is 16.0 Å². The van der Waals surface area contributed by atoms with E-state index in [1.807, 2.05) is 42.5 Å². The van der Waals surface area contributed by atoms with E-state index in [9.17, 15) is 14.7 Å². The van der Waals surface area contributed by atoms with Crippen LogP contribution in [0, 0.1) is 5.41 Å². The lowest BCUT2D eigenvalue weighted by Crippen LogP contribution is -2.45. The van der Waals surface area contributed by atoms with E-state index >= 15 is 0 Å². The quantitative estimate of drug-likeness (QED) is 0.346. The van der Waals surface area contributed by atoms with Crippen LogP contribution in [0.4, 0.5) is 4.79 Å². The molecule has 0 heterocycles. The summed E-state index contributed by atoms with van der Waals surface area (Å²) in [6.07, 6.45) is 0.112. The Bertz CT molecular complexity index is 912. The van der Waals surface area contributed by atoms with Gasteiger partial charge < -0.3 is 29.5 Å². The molecule has 0 saturated carbocycles. The number of hydrogen-bond donors (Lipinski definition) is 2. The molecule has 2 N–H and O–H groups in total. The zero-order chi connectivity index (χ0) is 26.4. The second-order valence-corrected chi connectivity index (χ2v) is 9.70. The highest BCUT2D eigenvalue weighted by atomic mass is 16.5.